The van der Waals surface area contributed by atoms with Crippen LogP contribution < -0.4 is 0 Å². The van der Waals surface area contributed by atoms with E-state index in [0.717, 1.165) is 22.2 Å². The number of ketones is 1. The van der Waals surface area contributed by atoms with E-state index in [1.165, 1.54) is 18.0 Å². The summed E-state index contributed by atoms with van der Waals surface area (Å²) in [6.07, 6.45) is 1.54. The van der Waals surface area contributed by atoms with Crippen molar-refractivity contribution in [3.8, 4) is 22.9 Å². The van der Waals surface area contributed by atoms with Crippen LogP contribution in [0.2, 0.25) is 0 Å². The molecule has 0 radical (unpaired) electrons. The molecule has 0 amide bonds. The number of furan rings is 1. The van der Waals surface area contributed by atoms with Crippen molar-refractivity contribution in [2.75, 3.05) is 5.75 Å². The van der Waals surface area contributed by atoms with E-state index in [1.54, 1.807) is 12.1 Å². The molecule has 0 aliphatic heterocycles. The number of fused-ring (bicyclic) bond motifs is 1. The number of thioether (sulfide) groups is 1. The Kier molecular flexibility index (Phi) is 4.50. The maximum absolute atomic E-state index is 13.2. The second kappa shape index (κ2) is 7.44. The monoisotopic (exact) mass is 401 g/mol. The fraction of sp³-hybridized carbons (Fsp3) is 0.0455. The number of aromatic nitrogens is 3. The Hall–Kier alpha value is -3.58. The van der Waals surface area contributed by atoms with Crippen LogP contribution >= 0.6 is 11.8 Å². The molecular formula is C22H15N3O3S. The summed E-state index contributed by atoms with van der Waals surface area (Å²) in [6, 6.07) is 21.1. The van der Waals surface area contributed by atoms with E-state index >= 15 is 0 Å². The molecule has 3 aromatic heterocycles. The number of H-pyrrole nitrogens is 1. The van der Waals surface area contributed by atoms with Crippen LogP contribution in [0.1, 0.15) is 10.4 Å². The molecule has 0 aliphatic rings. The number of aromatic amines is 1. The van der Waals surface area contributed by atoms with E-state index in [2.05, 4.69) is 15.2 Å². The zero-order valence-electron chi connectivity index (χ0n) is 15.2. The molecule has 29 heavy (non-hydrogen) atoms. The van der Waals surface area contributed by atoms with Gasteiger partial charge in [0.25, 0.3) is 11.1 Å². The van der Waals surface area contributed by atoms with Crippen molar-refractivity contribution in [3.63, 3.8) is 0 Å². The molecule has 6 nitrogen and oxygen atoms in total. The standard InChI is InChI=1S/C22H15N3O3S/c26-17(13-29-22-25-24-21(28-22)18-11-6-12-27-18)19-15-9-4-5-10-16(15)23-20(19)14-7-2-1-3-8-14/h1-12,23H,13H2. The van der Waals surface area contributed by atoms with Gasteiger partial charge in [0, 0.05) is 10.9 Å². The van der Waals surface area contributed by atoms with Crippen LogP contribution in [0.25, 0.3) is 33.8 Å². The van der Waals surface area contributed by atoms with Gasteiger partial charge in [0.1, 0.15) is 0 Å². The summed E-state index contributed by atoms with van der Waals surface area (Å²) in [5.41, 5.74) is 3.39. The molecular weight excluding hydrogens is 386 g/mol. The number of hydrogen-bond acceptors (Lipinski definition) is 6. The van der Waals surface area contributed by atoms with Gasteiger partial charge >= 0.3 is 0 Å². The van der Waals surface area contributed by atoms with Gasteiger partial charge in [0.05, 0.1) is 23.3 Å². The molecule has 0 spiro atoms. The molecule has 0 unspecified atom stereocenters. The molecule has 7 heteroatoms. The van der Waals surface area contributed by atoms with Gasteiger partial charge in [-0.2, -0.15) is 0 Å². The molecule has 5 rings (SSSR count). The van der Waals surface area contributed by atoms with E-state index in [1.807, 2.05) is 54.6 Å². The van der Waals surface area contributed by atoms with Crippen molar-refractivity contribution >= 4 is 28.4 Å². The third-order valence-electron chi connectivity index (χ3n) is 4.51. The summed E-state index contributed by atoms with van der Waals surface area (Å²) in [6.45, 7) is 0. The average Bonchev–Trinajstić information content (AvgIpc) is 3.51. The molecule has 0 atom stereocenters. The Morgan fingerprint density at radius 3 is 2.62 bits per heavy atom. The lowest BCUT2D eigenvalue weighted by Crippen LogP contribution is -2.03. The van der Waals surface area contributed by atoms with E-state index in [0.29, 0.717) is 22.4 Å². The van der Waals surface area contributed by atoms with Crippen LogP contribution in [-0.4, -0.2) is 26.7 Å². The summed E-state index contributed by atoms with van der Waals surface area (Å²) in [7, 11) is 0. The zero-order valence-corrected chi connectivity index (χ0v) is 16.0. The minimum Gasteiger partial charge on any atom is -0.459 e. The van der Waals surface area contributed by atoms with Crippen molar-refractivity contribution in [1.29, 1.82) is 0 Å². The molecule has 0 saturated heterocycles. The number of benzene rings is 2. The van der Waals surface area contributed by atoms with Crippen LogP contribution in [0.4, 0.5) is 0 Å². The molecule has 142 valence electrons. The maximum Gasteiger partial charge on any atom is 0.284 e. The van der Waals surface area contributed by atoms with Crippen molar-refractivity contribution in [1.82, 2.24) is 15.2 Å². The van der Waals surface area contributed by atoms with Gasteiger partial charge in [0.2, 0.25) is 0 Å². The number of para-hydroxylation sites is 1. The number of hydrogen-bond donors (Lipinski definition) is 1. The van der Waals surface area contributed by atoms with Gasteiger partial charge in [-0.25, -0.2) is 0 Å². The molecule has 1 N–H and O–H groups in total. The van der Waals surface area contributed by atoms with Crippen LogP contribution in [0.5, 0.6) is 0 Å². The average molecular weight is 401 g/mol. The van der Waals surface area contributed by atoms with Crippen LogP contribution in [0.3, 0.4) is 0 Å². The third kappa shape index (κ3) is 3.36. The van der Waals surface area contributed by atoms with Crippen LogP contribution in [0.15, 0.2) is 87.1 Å². The van der Waals surface area contributed by atoms with Crippen LogP contribution in [0, 0.1) is 0 Å². The fourth-order valence-corrected chi connectivity index (χ4v) is 3.86. The lowest BCUT2D eigenvalue weighted by atomic mass is 10.0. The lowest BCUT2D eigenvalue weighted by molar-refractivity contribution is 0.102. The second-order valence-electron chi connectivity index (χ2n) is 6.35. The predicted molar refractivity (Wildman–Crippen MR) is 111 cm³/mol. The number of carbonyl (C=O) groups is 1. The van der Waals surface area contributed by atoms with E-state index in [4.69, 9.17) is 8.83 Å². The Balaban J connectivity index is 1.44. The number of rotatable bonds is 6. The highest BCUT2D eigenvalue weighted by molar-refractivity contribution is 7.99. The van der Waals surface area contributed by atoms with E-state index in [-0.39, 0.29) is 11.5 Å². The molecule has 0 bridgehead atoms. The normalized spacial score (nSPS) is 11.2. The first-order valence-electron chi connectivity index (χ1n) is 8.99. The Bertz CT molecular complexity index is 1270. The van der Waals surface area contributed by atoms with Gasteiger partial charge < -0.3 is 13.8 Å². The van der Waals surface area contributed by atoms with E-state index < -0.39 is 0 Å². The largest absolute Gasteiger partial charge is 0.459 e. The summed E-state index contributed by atoms with van der Waals surface area (Å²) < 4.78 is 10.8. The first-order chi connectivity index (χ1) is 14.3. The van der Waals surface area contributed by atoms with Gasteiger partial charge in [0.15, 0.2) is 11.5 Å². The van der Waals surface area contributed by atoms with Crippen molar-refractivity contribution in [3.05, 3.63) is 78.6 Å². The molecule has 3 heterocycles. The highest BCUT2D eigenvalue weighted by Crippen LogP contribution is 2.32. The summed E-state index contributed by atoms with van der Waals surface area (Å²) in [5.74, 6) is 0.964. The van der Waals surface area contributed by atoms with Crippen molar-refractivity contribution in [2.45, 2.75) is 5.22 Å². The highest BCUT2D eigenvalue weighted by Gasteiger charge is 2.21. The second-order valence-corrected chi connectivity index (χ2v) is 7.28. The first-order valence-corrected chi connectivity index (χ1v) is 9.97. The number of Topliss-reactive ketones (excluding diaryl/α,β-unsaturated/α-hetero) is 1. The molecule has 5 aromatic rings. The SMILES string of the molecule is O=C(CSc1nnc(-c2ccco2)o1)c1c(-c2ccccc2)[nH]c2ccccc12. The minimum absolute atomic E-state index is 0.0101. The zero-order chi connectivity index (χ0) is 19.6. The lowest BCUT2D eigenvalue weighted by Gasteiger charge is -2.04. The van der Waals surface area contributed by atoms with Gasteiger partial charge in [-0.15, -0.1) is 10.2 Å². The summed E-state index contributed by atoms with van der Waals surface area (Å²) in [5, 5.41) is 9.19. The Morgan fingerprint density at radius 2 is 1.79 bits per heavy atom. The first kappa shape index (κ1) is 17.5. The molecule has 0 fully saturated rings. The van der Waals surface area contributed by atoms with Gasteiger partial charge in [-0.05, 0) is 23.8 Å². The smallest absolute Gasteiger partial charge is 0.284 e. The Labute approximate surface area is 170 Å². The molecule has 0 aliphatic carbocycles. The quantitative estimate of drug-likeness (QED) is 0.301. The van der Waals surface area contributed by atoms with Crippen molar-refractivity contribution < 1.29 is 13.6 Å². The summed E-state index contributed by atoms with van der Waals surface area (Å²) >= 11 is 1.21. The molecule has 0 saturated carbocycles. The minimum atomic E-state index is -0.0101. The maximum atomic E-state index is 13.2. The van der Waals surface area contributed by atoms with Crippen molar-refractivity contribution in [2.24, 2.45) is 0 Å². The third-order valence-corrected chi connectivity index (χ3v) is 5.33. The van der Waals surface area contributed by atoms with Crippen LogP contribution in [-0.2, 0) is 0 Å². The fourth-order valence-electron chi connectivity index (χ4n) is 3.22. The van der Waals surface area contributed by atoms with E-state index in [9.17, 15) is 4.79 Å². The number of nitrogens with zero attached hydrogens (tertiary/aromatic N) is 2. The summed E-state index contributed by atoms with van der Waals surface area (Å²) in [4.78, 5) is 16.6. The highest BCUT2D eigenvalue weighted by atomic mass is 32.2. The van der Waals surface area contributed by atoms with Gasteiger partial charge in [-0.3, -0.25) is 4.79 Å². The van der Waals surface area contributed by atoms with Gasteiger partial charge in [-0.1, -0.05) is 60.3 Å². The predicted octanol–water partition coefficient (Wildman–Crippen LogP) is 5.45. The topological polar surface area (TPSA) is 84.9 Å². The number of carbonyl (C=O) groups excluding carboxylic acids is 1. The number of nitrogens with one attached hydrogen (secondary N) is 1. The molecule has 2 aromatic carbocycles. The Morgan fingerprint density at radius 1 is 0.966 bits per heavy atom.